The number of nitrogens with zero attached hydrogens (tertiary/aromatic N) is 3. The minimum atomic E-state index is -0.134. The van der Waals surface area contributed by atoms with Crippen LogP contribution in [-0.2, 0) is 9.53 Å². The van der Waals surface area contributed by atoms with E-state index in [2.05, 4.69) is 29.0 Å². The van der Waals surface area contributed by atoms with Crippen LogP contribution in [0.3, 0.4) is 0 Å². The van der Waals surface area contributed by atoms with Gasteiger partial charge in [-0.25, -0.2) is 0 Å². The smallest absolute Gasteiger partial charge is 0.220 e. The Morgan fingerprint density at radius 2 is 1.81 bits per heavy atom. The van der Waals surface area contributed by atoms with Gasteiger partial charge >= 0.3 is 0 Å². The second-order valence-electron chi connectivity index (χ2n) is 7.60. The molecule has 2 fully saturated rings. The third-order valence-corrected chi connectivity index (χ3v) is 5.61. The summed E-state index contributed by atoms with van der Waals surface area (Å²) in [7, 11) is 0. The Bertz CT molecular complexity index is 455. The van der Waals surface area contributed by atoms with E-state index in [1.54, 1.807) is 0 Å². The average Bonchev–Trinajstić information content (AvgIpc) is 2.68. The van der Waals surface area contributed by atoms with E-state index in [1.807, 2.05) is 0 Å². The highest BCUT2D eigenvalue weighted by molar-refractivity contribution is 5.80. The molecule has 2 rings (SSSR count). The maximum Gasteiger partial charge on any atom is 0.220 e. The molecule has 7 heteroatoms. The molecule has 0 saturated carbocycles. The van der Waals surface area contributed by atoms with Crippen molar-refractivity contribution in [2.45, 2.75) is 58.5 Å². The summed E-state index contributed by atoms with van der Waals surface area (Å²) in [5.74, 6) is 1.00. The van der Waals surface area contributed by atoms with Gasteiger partial charge in [-0.15, -0.1) is 0 Å². The normalized spacial score (nSPS) is 20.8. The first-order valence-electron chi connectivity index (χ1n) is 10.8. The number of hydrogen-bond donors (Lipinski definition) is 2. The lowest BCUT2D eigenvalue weighted by molar-refractivity contribution is -0.123. The van der Waals surface area contributed by atoms with Crippen molar-refractivity contribution in [1.29, 1.82) is 0 Å². The summed E-state index contributed by atoms with van der Waals surface area (Å²) in [5, 5.41) is 3.44. The van der Waals surface area contributed by atoms with Crippen molar-refractivity contribution in [3.05, 3.63) is 0 Å². The molecule has 0 bridgehead atoms. The van der Waals surface area contributed by atoms with Crippen LogP contribution >= 0.6 is 0 Å². The van der Waals surface area contributed by atoms with Gasteiger partial charge in [0.1, 0.15) is 0 Å². The van der Waals surface area contributed by atoms with Crippen LogP contribution in [0, 0.1) is 5.92 Å². The zero-order valence-corrected chi connectivity index (χ0v) is 17.3. The first-order chi connectivity index (χ1) is 13.1. The number of piperidine rings is 2. The van der Waals surface area contributed by atoms with Crippen LogP contribution in [0.15, 0.2) is 4.99 Å². The third-order valence-electron chi connectivity index (χ3n) is 5.61. The minimum Gasteiger partial charge on any atom is -0.378 e. The predicted molar refractivity (Wildman–Crippen MR) is 110 cm³/mol. The van der Waals surface area contributed by atoms with Crippen LogP contribution in [0.25, 0.3) is 0 Å². The third kappa shape index (κ3) is 7.66. The number of nitrogens with two attached hydrogens (primary N) is 1. The lowest BCUT2D eigenvalue weighted by atomic mass is 9.96. The van der Waals surface area contributed by atoms with Crippen LogP contribution in [0.1, 0.15) is 52.4 Å². The molecule has 2 heterocycles. The van der Waals surface area contributed by atoms with E-state index >= 15 is 0 Å². The standard InChI is InChI=1S/C20H39N5O2/c1-3-22-20(25-15-9-18(10-16-25)27-4-2)23-11-5-6-12-24-13-7-17(8-14-24)19(21)26/h17-18H,3-16H2,1-2H3,(H2,21,26)(H,22,23). The number of rotatable bonds is 9. The van der Waals surface area contributed by atoms with E-state index in [4.69, 9.17) is 15.5 Å². The lowest BCUT2D eigenvalue weighted by Gasteiger charge is -2.34. The van der Waals surface area contributed by atoms with Gasteiger partial charge in [0.15, 0.2) is 5.96 Å². The van der Waals surface area contributed by atoms with Crippen molar-refractivity contribution in [3.8, 4) is 0 Å². The van der Waals surface area contributed by atoms with Crippen LogP contribution in [0.5, 0.6) is 0 Å². The SMILES string of the molecule is CCNC(=NCCCCN1CCC(C(N)=O)CC1)N1CCC(OCC)CC1. The van der Waals surface area contributed by atoms with Crippen LogP contribution in [0.4, 0.5) is 0 Å². The largest absolute Gasteiger partial charge is 0.378 e. The van der Waals surface area contributed by atoms with Gasteiger partial charge in [-0.2, -0.15) is 0 Å². The zero-order chi connectivity index (χ0) is 19.5. The van der Waals surface area contributed by atoms with E-state index in [0.717, 1.165) is 96.9 Å². The van der Waals surface area contributed by atoms with Crippen LogP contribution in [-0.4, -0.2) is 80.2 Å². The molecular formula is C20H39N5O2. The van der Waals surface area contributed by atoms with E-state index in [0.29, 0.717) is 6.10 Å². The molecule has 0 aromatic rings. The van der Waals surface area contributed by atoms with Crippen molar-refractivity contribution >= 4 is 11.9 Å². The molecule has 0 atom stereocenters. The van der Waals surface area contributed by atoms with Crippen molar-refractivity contribution in [2.24, 2.45) is 16.6 Å². The lowest BCUT2D eigenvalue weighted by Crippen LogP contribution is -2.47. The molecule has 2 aliphatic heterocycles. The number of hydrogen-bond acceptors (Lipinski definition) is 4. The summed E-state index contributed by atoms with van der Waals surface area (Å²) >= 11 is 0. The molecule has 0 aromatic carbocycles. The predicted octanol–water partition coefficient (Wildman–Crippen LogP) is 1.43. The van der Waals surface area contributed by atoms with Crippen molar-refractivity contribution < 1.29 is 9.53 Å². The Labute approximate surface area is 164 Å². The molecule has 0 aromatic heterocycles. The summed E-state index contributed by atoms with van der Waals surface area (Å²) in [6.07, 6.45) is 6.65. The Kier molecular flexibility index (Phi) is 9.91. The van der Waals surface area contributed by atoms with Gasteiger partial charge < -0.3 is 25.6 Å². The van der Waals surface area contributed by atoms with Gasteiger partial charge in [0.25, 0.3) is 0 Å². The minimum absolute atomic E-state index is 0.0837. The molecule has 1 amide bonds. The van der Waals surface area contributed by atoms with E-state index in [9.17, 15) is 4.79 Å². The first kappa shape index (κ1) is 22.0. The fourth-order valence-electron chi connectivity index (χ4n) is 3.97. The number of carbonyl (C=O) groups excluding carboxylic acids is 1. The Morgan fingerprint density at radius 1 is 1.11 bits per heavy atom. The van der Waals surface area contributed by atoms with Gasteiger partial charge in [-0.3, -0.25) is 9.79 Å². The quantitative estimate of drug-likeness (QED) is 0.359. The molecule has 7 nitrogen and oxygen atoms in total. The number of carbonyl (C=O) groups is 1. The summed E-state index contributed by atoms with van der Waals surface area (Å²) in [6.45, 7) is 11.9. The maximum absolute atomic E-state index is 11.2. The van der Waals surface area contributed by atoms with Crippen molar-refractivity contribution in [1.82, 2.24) is 15.1 Å². The number of unbranched alkanes of at least 4 members (excludes halogenated alkanes) is 1. The number of primary amides is 1. The summed E-state index contributed by atoms with van der Waals surface area (Å²) in [6, 6.07) is 0. The Balaban J connectivity index is 1.64. The van der Waals surface area contributed by atoms with E-state index in [1.165, 1.54) is 0 Å². The van der Waals surface area contributed by atoms with Gasteiger partial charge in [-0.1, -0.05) is 0 Å². The van der Waals surface area contributed by atoms with Gasteiger partial charge in [0.05, 0.1) is 6.10 Å². The molecule has 0 aliphatic carbocycles. The first-order valence-corrected chi connectivity index (χ1v) is 10.8. The molecule has 2 aliphatic rings. The molecule has 0 radical (unpaired) electrons. The molecule has 0 unspecified atom stereocenters. The second kappa shape index (κ2) is 12.2. The summed E-state index contributed by atoms with van der Waals surface area (Å²) < 4.78 is 5.74. The summed E-state index contributed by atoms with van der Waals surface area (Å²) in [5.41, 5.74) is 5.40. The number of aliphatic imine (C=N–C) groups is 1. The maximum atomic E-state index is 11.2. The highest BCUT2D eigenvalue weighted by Crippen LogP contribution is 2.17. The second-order valence-corrected chi connectivity index (χ2v) is 7.60. The van der Waals surface area contributed by atoms with Crippen molar-refractivity contribution in [2.75, 3.05) is 52.4 Å². The molecule has 156 valence electrons. The topological polar surface area (TPSA) is 83.2 Å². The zero-order valence-electron chi connectivity index (χ0n) is 17.3. The molecule has 2 saturated heterocycles. The highest BCUT2D eigenvalue weighted by atomic mass is 16.5. The number of guanidine groups is 1. The fraction of sp³-hybridized carbons (Fsp3) is 0.900. The Hall–Kier alpha value is -1.34. The number of nitrogens with one attached hydrogen (secondary N) is 1. The monoisotopic (exact) mass is 381 g/mol. The number of ether oxygens (including phenoxy) is 1. The molecule has 27 heavy (non-hydrogen) atoms. The Morgan fingerprint density at radius 3 is 2.41 bits per heavy atom. The highest BCUT2D eigenvalue weighted by Gasteiger charge is 2.23. The number of likely N-dealkylation sites (tertiary alicyclic amines) is 2. The average molecular weight is 382 g/mol. The van der Waals surface area contributed by atoms with Crippen molar-refractivity contribution in [3.63, 3.8) is 0 Å². The fourth-order valence-corrected chi connectivity index (χ4v) is 3.97. The molecular weight excluding hydrogens is 342 g/mol. The van der Waals surface area contributed by atoms with Gasteiger partial charge in [-0.05, 0) is 72.0 Å². The number of amides is 1. The van der Waals surface area contributed by atoms with Gasteiger partial charge in [0.2, 0.25) is 5.91 Å². The van der Waals surface area contributed by atoms with Crippen LogP contribution < -0.4 is 11.1 Å². The van der Waals surface area contributed by atoms with E-state index < -0.39 is 0 Å². The molecule has 0 spiro atoms. The van der Waals surface area contributed by atoms with E-state index in [-0.39, 0.29) is 11.8 Å². The van der Waals surface area contributed by atoms with Crippen LogP contribution in [0.2, 0.25) is 0 Å². The van der Waals surface area contributed by atoms with Gasteiger partial charge in [0, 0.05) is 38.7 Å². The summed E-state index contributed by atoms with van der Waals surface area (Å²) in [4.78, 5) is 20.9. The molecule has 3 N–H and O–H groups in total.